The maximum atomic E-state index is 12.2. The summed E-state index contributed by atoms with van der Waals surface area (Å²) in [6, 6.07) is -0.262. The third-order valence-electron chi connectivity index (χ3n) is 8.75. The summed E-state index contributed by atoms with van der Waals surface area (Å²) < 4.78 is 0. The molecule has 0 heterocycles. The van der Waals surface area contributed by atoms with Gasteiger partial charge < -0.3 is 0 Å². The first-order valence-electron chi connectivity index (χ1n) is 10.1. The van der Waals surface area contributed by atoms with Gasteiger partial charge in [-0.25, -0.2) is 0 Å². The Hall–Kier alpha value is -1.61. The van der Waals surface area contributed by atoms with Crippen molar-refractivity contribution in [1.29, 1.82) is 0 Å². The molecule has 3 fully saturated rings. The first kappa shape index (κ1) is 17.8. The van der Waals surface area contributed by atoms with Crippen LogP contribution in [-0.2, 0) is 9.59 Å². The average Bonchev–Trinajstić information content (AvgIpc) is 2.94. The number of Topliss-reactive ketones (excluding diaryl/α,β-unsaturated/α-hetero) is 1. The fourth-order valence-electron chi connectivity index (χ4n) is 7.50. The Bertz CT molecular complexity index is 738. The summed E-state index contributed by atoms with van der Waals surface area (Å²) in [6.45, 7) is 6.34. The lowest BCUT2D eigenvalue weighted by atomic mass is 9.46. The van der Waals surface area contributed by atoms with E-state index < -0.39 is 0 Å². The van der Waals surface area contributed by atoms with E-state index >= 15 is 0 Å². The van der Waals surface area contributed by atoms with Crippen molar-refractivity contribution in [2.45, 2.75) is 71.8 Å². The van der Waals surface area contributed by atoms with Crippen LogP contribution in [0.1, 0.15) is 65.7 Å². The van der Waals surface area contributed by atoms with Crippen molar-refractivity contribution in [3.8, 4) is 0 Å². The van der Waals surface area contributed by atoms with Gasteiger partial charge in [-0.05, 0) is 80.2 Å². The van der Waals surface area contributed by atoms with Gasteiger partial charge >= 0.3 is 0 Å². The molecule has 4 rings (SSSR count). The molecule has 3 saturated carbocycles. The molecule has 0 aromatic heterocycles. The average molecular weight is 355 g/mol. The molecule has 0 aromatic rings. The second kappa shape index (κ2) is 5.95. The second-order valence-corrected chi connectivity index (χ2v) is 9.54. The Balaban J connectivity index is 1.73. The van der Waals surface area contributed by atoms with E-state index in [1.165, 1.54) is 5.57 Å². The molecule has 0 radical (unpaired) electrons. The number of azide groups is 1. The van der Waals surface area contributed by atoms with E-state index in [2.05, 4.69) is 23.9 Å². The number of carbonyl (C=O) groups excluding carboxylic acids is 2. The smallest absolute Gasteiger partial charge is 0.156 e. The molecule has 0 bridgehead atoms. The highest BCUT2D eigenvalue weighted by atomic mass is 16.1. The van der Waals surface area contributed by atoms with Gasteiger partial charge in [0.25, 0.3) is 0 Å². The molecule has 1 unspecified atom stereocenters. The number of carbonyl (C=O) groups is 2. The molecule has 140 valence electrons. The highest BCUT2D eigenvalue weighted by Gasteiger charge is 2.61. The van der Waals surface area contributed by atoms with Crippen LogP contribution in [0.5, 0.6) is 0 Å². The van der Waals surface area contributed by atoms with Crippen molar-refractivity contribution in [3.05, 3.63) is 22.1 Å². The Kier molecular flexibility index (Phi) is 4.07. The molecular weight excluding hydrogens is 326 g/mol. The lowest BCUT2D eigenvalue weighted by molar-refractivity contribution is -0.129. The zero-order valence-corrected chi connectivity index (χ0v) is 16.1. The van der Waals surface area contributed by atoms with E-state index in [4.69, 9.17) is 5.53 Å². The number of nitrogens with zero attached hydrogens (tertiary/aromatic N) is 3. The van der Waals surface area contributed by atoms with E-state index in [1.54, 1.807) is 6.92 Å². The summed E-state index contributed by atoms with van der Waals surface area (Å²) in [7, 11) is 0. The van der Waals surface area contributed by atoms with Gasteiger partial charge in [-0.1, -0.05) is 24.5 Å². The molecule has 0 amide bonds. The Labute approximate surface area is 155 Å². The fourth-order valence-corrected chi connectivity index (χ4v) is 7.50. The van der Waals surface area contributed by atoms with Crippen LogP contribution in [0.15, 0.2) is 16.8 Å². The largest absolute Gasteiger partial charge is 0.300 e. The van der Waals surface area contributed by atoms with Crippen LogP contribution in [0.25, 0.3) is 10.4 Å². The fraction of sp³-hybridized carbons (Fsp3) is 0.810. The quantitative estimate of drug-likeness (QED) is 0.396. The maximum Gasteiger partial charge on any atom is 0.156 e. The van der Waals surface area contributed by atoms with Crippen LogP contribution in [0.2, 0.25) is 0 Å². The van der Waals surface area contributed by atoms with Gasteiger partial charge in [-0.2, -0.15) is 0 Å². The lowest BCUT2D eigenvalue weighted by Crippen LogP contribution is -2.55. The monoisotopic (exact) mass is 355 g/mol. The minimum Gasteiger partial charge on any atom is -0.300 e. The van der Waals surface area contributed by atoms with Gasteiger partial charge in [0.2, 0.25) is 0 Å². The predicted molar refractivity (Wildman–Crippen MR) is 99.2 cm³/mol. The summed E-state index contributed by atoms with van der Waals surface area (Å²) in [4.78, 5) is 27.5. The Morgan fingerprint density at radius 1 is 1.23 bits per heavy atom. The van der Waals surface area contributed by atoms with Crippen LogP contribution in [0.4, 0.5) is 0 Å². The number of ketones is 2. The summed E-state index contributed by atoms with van der Waals surface area (Å²) >= 11 is 0. The normalized spacial score (nSPS) is 47.1. The van der Waals surface area contributed by atoms with Crippen molar-refractivity contribution in [3.63, 3.8) is 0 Å². The standard InChI is InChI=1S/C21H29N3O2/c1-12(25)16-6-7-17-15-5-4-13-10-14(26)11-19(23-24-22)21(13,3)18(15)8-9-20(16,17)2/h10,15-19H,4-9,11H2,1-3H3/t15-,16+,17-,18-,19?,20+,21-/m0/s1. The number of hydrogen-bond donors (Lipinski definition) is 0. The molecule has 0 spiro atoms. The second-order valence-electron chi connectivity index (χ2n) is 9.54. The minimum atomic E-state index is -0.262. The van der Waals surface area contributed by atoms with E-state index in [0.717, 1.165) is 38.5 Å². The Morgan fingerprint density at radius 2 is 2.00 bits per heavy atom. The van der Waals surface area contributed by atoms with Crippen molar-refractivity contribution >= 4 is 11.6 Å². The van der Waals surface area contributed by atoms with Gasteiger partial charge in [0.1, 0.15) is 5.78 Å². The molecule has 0 aliphatic heterocycles. The van der Waals surface area contributed by atoms with Gasteiger partial charge in [-0.3, -0.25) is 9.59 Å². The van der Waals surface area contributed by atoms with Crippen LogP contribution in [0.3, 0.4) is 0 Å². The van der Waals surface area contributed by atoms with Crippen molar-refractivity contribution in [2.24, 2.45) is 39.6 Å². The zero-order valence-electron chi connectivity index (χ0n) is 16.1. The Morgan fingerprint density at radius 3 is 2.69 bits per heavy atom. The summed E-state index contributed by atoms with van der Waals surface area (Å²) in [5, 5.41) is 4.09. The van der Waals surface area contributed by atoms with E-state index in [9.17, 15) is 9.59 Å². The van der Waals surface area contributed by atoms with E-state index in [-0.39, 0.29) is 28.6 Å². The SMILES string of the molecule is CC(=O)[C@H]1CC[C@H]2[C@@H]3CCC4=CC(=O)CC(N=[N+]=[N-])[C@]4(C)[C@H]3CC[C@]12C. The highest BCUT2D eigenvalue weighted by molar-refractivity contribution is 5.92. The molecule has 5 heteroatoms. The lowest BCUT2D eigenvalue weighted by Gasteiger charge is -2.59. The number of rotatable bonds is 2. The first-order chi connectivity index (χ1) is 12.3. The van der Waals surface area contributed by atoms with Crippen LogP contribution in [0, 0.1) is 34.5 Å². The maximum absolute atomic E-state index is 12.2. The molecular formula is C21H29N3O2. The molecule has 4 aliphatic rings. The number of hydrogen-bond acceptors (Lipinski definition) is 3. The van der Waals surface area contributed by atoms with Crippen molar-refractivity contribution in [2.75, 3.05) is 0 Å². The molecule has 5 nitrogen and oxygen atoms in total. The number of fused-ring (bicyclic) bond motifs is 5. The molecule has 4 aliphatic carbocycles. The molecule has 26 heavy (non-hydrogen) atoms. The summed E-state index contributed by atoms with van der Waals surface area (Å²) in [5.74, 6) is 2.27. The third kappa shape index (κ3) is 2.26. The molecule has 0 aromatic carbocycles. The third-order valence-corrected chi connectivity index (χ3v) is 8.75. The first-order valence-corrected chi connectivity index (χ1v) is 10.1. The van der Waals surface area contributed by atoms with Crippen LogP contribution >= 0.6 is 0 Å². The summed E-state index contributed by atoms with van der Waals surface area (Å²) in [5.41, 5.74) is 10.2. The summed E-state index contributed by atoms with van der Waals surface area (Å²) in [6.07, 6.45) is 8.53. The van der Waals surface area contributed by atoms with Crippen molar-refractivity contribution < 1.29 is 9.59 Å². The van der Waals surface area contributed by atoms with E-state index in [1.807, 2.05) is 6.08 Å². The highest BCUT2D eigenvalue weighted by Crippen LogP contribution is 2.66. The zero-order chi connectivity index (χ0) is 18.7. The molecule has 0 saturated heterocycles. The van der Waals surface area contributed by atoms with Gasteiger partial charge in [0, 0.05) is 22.7 Å². The van der Waals surface area contributed by atoms with Crippen molar-refractivity contribution in [1.82, 2.24) is 0 Å². The van der Waals surface area contributed by atoms with E-state index in [0.29, 0.717) is 30.0 Å². The van der Waals surface area contributed by atoms with Gasteiger partial charge in [-0.15, -0.1) is 0 Å². The van der Waals surface area contributed by atoms with Crippen LogP contribution in [-0.4, -0.2) is 17.6 Å². The predicted octanol–water partition coefficient (Wildman–Crippen LogP) is 5.01. The topological polar surface area (TPSA) is 82.9 Å². The van der Waals surface area contributed by atoms with Gasteiger partial charge in [0.15, 0.2) is 5.78 Å². The molecule has 7 atom stereocenters. The minimum absolute atomic E-state index is 0.103. The van der Waals surface area contributed by atoms with Gasteiger partial charge in [0.05, 0.1) is 6.04 Å². The molecule has 0 N–H and O–H groups in total. The van der Waals surface area contributed by atoms with Crippen LogP contribution < -0.4 is 0 Å².